The fourth-order valence-electron chi connectivity index (χ4n) is 4.27. The molecule has 7 nitrogen and oxygen atoms in total. The Hall–Kier alpha value is -2.67. The molecule has 1 fully saturated rings. The van der Waals surface area contributed by atoms with Crippen LogP contribution in [0.1, 0.15) is 54.4 Å². The highest BCUT2D eigenvalue weighted by atomic mass is 35.5. The quantitative estimate of drug-likeness (QED) is 0.472. The van der Waals surface area contributed by atoms with E-state index in [0.29, 0.717) is 47.1 Å². The summed E-state index contributed by atoms with van der Waals surface area (Å²) < 4.78 is 5.27. The van der Waals surface area contributed by atoms with Gasteiger partial charge >= 0.3 is 0 Å². The number of aromatic nitrogens is 2. The lowest BCUT2D eigenvalue weighted by molar-refractivity contribution is -0.136. The molecule has 2 heterocycles. The second kappa shape index (κ2) is 10.8. The summed E-state index contributed by atoms with van der Waals surface area (Å²) in [5, 5.41) is 0.427. The van der Waals surface area contributed by atoms with Crippen molar-refractivity contribution in [1.82, 2.24) is 14.9 Å². The second-order valence-electron chi connectivity index (χ2n) is 8.46. The molecule has 0 saturated carbocycles. The lowest BCUT2D eigenvalue weighted by Crippen LogP contribution is -2.41. The number of Topliss-reactive ketones (excluding diaryl/α,β-unsaturated/α-hetero) is 1. The molecule has 1 atom stereocenters. The molecule has 1 aromatic carbocycles. The van der Waals surface area contributed by atoms with Gasteiger partial charge in [-0.05, 0) is 50.7 Å². The second-order valence-corrected chi connectivity index (χ2v) is 8.82. The van der Waals surface area contributed by atoms with Crippen molar-refractivity contribution in [3.8, 4) is 5.75 Å². The van der Waals surface area contributed by atoms with Gasteiger partial charge in [0.05, 0.1) is 12.7 Å². The Morgan fingerprint density at radius 3 is 2.59 bits per heavy atom. The molecule has 0 spiro atoms. The van der Waals surface area contributed by atoms with Gasteiger partial charge in [0.15, 0.2) is 5.78 Å². The van der Waals surface area contributed by atoms with E-state index in [-0.39, 0.29) is 24.0 Å². The van der Waals surface area contributed by atoms with Gasteiger partial charge in [0.25, 0.3) is 0 Å². The molecule has 0 radical (unpaired) electrons. The third-order valence-corrected chi connectivity index (χ3v) is 6.46. The summed E-state index contributed by atoms with van der Waals surface area (Å²) in [4.78, 5) is 35.9. The lowest BCUT2D eigenvalue weighted by Gasteiger charge is -2.33. The number of hydrogen-bond acceptors (Lipinski definition) is 6. The summed E-state index contributed by atoms with van der Waals surface area (Å²) in [6, 6.07) is 7.12. The van der Waals surface area contributed by atoms with Gasteiger partial charge in [0, 0.05) is 31.0 Å². The van der Waals surface area contributed by atoms with Crippen LogP contribution in [0.5, 0.6) is 5.75 Å². The van der Waals surface area contributed by atoms with Crippen LogP contribution in [-0.4, -0.2) is 46.8 Å². The highest BCUT2D eigenvalue weighted by Gasteiger charge is 2.28. The van der Waals surface area contributed by atoms with Crippen LogP contribution in [-0.2, 0) is 11.2 Å². The summed E-state index contributed by atoms with van der Waals surface area (Å²) in [6.07, 6.45) is 3.67. The third-order valence-electron chi connectivity index (χ3n) is 6.15. The molecular weight excluding hydrogens is 428 g/mol. The summed E-state index contributed by atoms with van der Waals surface area (Å²) in [5.74, 6) is 1.63. The fourth-order valence-corrected chi connectivity index (χ4v) is 4.58. The number of para-hydroxylation sites is 1. The maximum atomic E-state index is 12.9. The van der Waals surface area contributed by atoms with E-state index in [0.717, 1.165) is 31.2 Å². The number of halogens is 1. The van der Waals surface area contributed by atoms with Gasteiger partial charge in [-0.1, -0.05) is 30.7 Å². The molecule has 1 aliphatic rings. The third kappa shape index (κ3) is 5.76. The number of aryl methyl sites for hydroxylation is 1. The fraction of sp³-hybridized carbons (Fsp3) is 0.500. The molecule has 172 valence electrons. The highest BCUT2D eigenvalue weighted by Crippen LogP contribution is 2.28. The first-order valence-corrected chi connectivity index (χ1v) is 11.4. The van der Waals surface area contributed by atoms with Gasteiger partial charge in [-0.15, -0.1) is 0 Å². The molecule has 8 heteroatoms. The van der Waals surface area contributed by atoms with Crippen LogP contribution in [0.2, 0.25) is 5.15 Å². The zero-order valence-corrected chi connectivity index (χ0v) is 19.7. The number of hydrogen-bond donors (Lipinski definition) is 1. The van der Waals surface area contributed by atoms with Crippen molar-refractivity contribution in [2.45, 2.75) is 46.0 Å². The van der Waals surface area contributed by atoms with Crippen LogP contribution >= 0.6 is 11.6 Å². The molecular formula is C24H31ClN4O3. The minimum absolute atomic E-state index is 0.0333. The van der Waals surface area contributed by atoms with E-state index in [2.05, 4.69) is 9.97 Å². The topological polar surface area (TPSA) is 98.4 Å². The van der Waals surface area contributed by atoms with Crippen molar-refractivity contribution < 1.29 is 14.3 Å². The zero-order chi connectivity index (χ0) is 23.3. The van der Waals surface area contributed by atoms with Crippen molar-refractivity contribution in [2.75, 3.05) is 25.9 Å². The molecule has 1 saturated heterocycles. The lowest BCUT2D eigenvalue weighted by atomic mass is 9.90. The van der Waals surface area contributed by atoms with Crippen molar-refractivity contribution >= 4 is 29.1 Å². The van der Waals surface area contributed by atoms with Gasteiger partial charge in [-0.3, -0.25) is 9.59 Å². The van der Waals surface area contributed by atoms with E-state index < -0.39 is 0 Å². The summed E-state index contributed by atoms with van der Waals surface area (Å²) in [7, 11) is 1.54. The van der Waals surface area contributed by atoms with E-state index in [9.17, 15) is 9.59 Å². The SMILES string of the molecule is COc1ccccc1C(=O)C[C@@H](C)C(=O)N1CCC(CCc2c(N)nc(C)nc2Cl)CC1. The molecule has 1 amide bonds. The first-order chi connectivity index (χ1) is 15.3. The molecule has 2 aromatic rings. The number of anilines is 1. The van der Waals surface area contributed by atoms with Crippen LogP contribution in [0.4, 0.5) is 5.82 Å². The number of piperidine rings is 1. The van der Waals surface area contributed by atoms with Gasteiger partial charge in [-0.2, -0.15) is 0 Å². The number of nitrogens with zero attached hydrogens (tertiary/aromatic N) is 3. The Balaban J connectivity index is 1.49. The number of carbonyl (C=O) groups excluding carboxylic acids is 2. The standard InChI is InChI=1S/C24H31ClN4O3/c1-15(14-20(30)18-6-4-5-7-21(18)32-3)24(31)29-12-10-17(11-13-29)8-9-19-22(25)27-16(2)28-23(19)26/h4-7,15,17H,8-14H2,1-3H3,(H2,26,27,28)/t15-/m1/s1. The molecule has 32 heavy (non-hydrogen) atoms. The first kappa shape index (κ1) is 24.0. The van der Waals surface area contributed by atoms with Crippen molar-refractivity contribution in [3.05, 3.63) is 46.4 Å². The molecule has 3 rings (SSSR count). The number of likely N-dealkylation sites (tertiary alicyclic amines) is 1. The molecule has 0 aliphatic carbocycles. The van der Waals surface area contributed by atoms with Gasteiger partial charge in [0.1, 0.15) is 22.5 Å². The Morgan fingerprint density at radius 2 is 1.94 bits per heavy atom. The zero-order valence-electron chi connectivity index (χ0n) is 18.9. The van der Waals surface area contributed by atoms with Crippen LogP contribution in [0, 0.1) is 18.8 Å². The summed E-state index contributed by atoms with van der Waals surface area (Å²) >= 11 is 6.24. The van der Waals surface area contributed by atoms with Gasteiger partial charge in [-0.25, -0.2) is 9.97 Å². The van der Waals surface area contributed by atoms with E-state index in [1.807, 2.05) is 17.9 Å². The predicted molar refractivity (Wildman–Crippen MR) is 125 cm³/mol. The number of benzene rings is 1. The summed E-state index contributed by atoms with van der Waals surface area (Å²) in [6.45, 7) is 4.99. The van der Waals surface area contributed by atoms with Crippen LogP contribution in [0.3, 0.4) is 0 Å². The Morgan fingerprint density at radius 1 is 1.25 bits per heavy atom. The molecule has 1 aliphatic heterocycles. The predicted octanol–water partition coefficient (Wildman–Crippen LogP) is 4.11. The Bertz CT molecular complexity index is 950. The highest BCUT2D eigenvalue weighted by molar-refractivity contribution is 6.30. The van der Waals surface area contributed by atoms with Gasteiger partial charge < -0.3 is 15.4 Å². The number of methoxy groups -OCH3 is 1. The van der Waals surface area contributed by atoms with Crippen LogP contribution < -0.4 is 10.5 Å². The number of ketones is 1. The molecule has 2 N–H and O–H groups in total. The minimum Gasteiger partial charge on any atom is -0.496 e. The van der Waals surface area contributed by atoms with Crippen molar-refractivity contribution in [1.29, 1.82) is 0 Å². The van der Waals surface area contributed by atoms with E-state index in [1.165, 1.54) is 0 Å². The first-order valence-electron chi connectivity index (χ1n) is 11.0. The number of nitrogens with two attached hydrogens (primary N) is 1. The number of amides is 1. The van der Waals surface area contributed by atoms with E-state index >= 15 is 0 Å². The average molecular weight is 459 g/mol. The van der Waals surface area contributed by atoms with Gasteiger partial charge in [0.2, 0.25) is 5.91 Å². The molecule has 1 aromatic heterocycles. The Labute approximate surface area is 194 Å². The number of nitrogen functional groups attached to an aromatic ring is 1. The van der Waals surface area contributed by atoms with E-state index in [1.54, 1.807) is 32.2 Å². The number of rotatable bonds is 8. The normalized spacial score (nSPS) is 15.4. The van der Waals surface area contributed by atoms with E-state index in [4.69, 9.17) is 22.1 Å². The van der Waals surface area contributed by atoms with Crippen molar-refractivity contribution in [3.63, 3.8) is 0 Å². The maximum absolute atomic E-state index is 12.9. The Kier molecular flexibility index (Phi) is 8.07. The monoisotopic (exact) mass is 458 g/mol. The van der Waals surface area contributed by atoms with Crippen LogP contribution in [0.25, 0.3) is 0 Å². The minimum atomic E-state index is -0.368. The number of carbonyl (C=O) groups is 2. The largest absolute Gasteiger partial charge is 0.496 e. The summed E-state index contributed by atoms with van der Waals surface area (Å²) in [5.41, 5.74) is 7.33. The molecule has 0 bridgehead atoms. The van der Waals surface area contributed by atoms with Crippen molar-refractivity contribution in [2.24, 2.45) is 11.8 Å². The van der Waals surface area contributed by atoms with Crippen LogP contribution in [0.15, 0.2) is 24.3 Å². The average Bonchev–Trinajstić information content (AvgIpc) is 2.78. The smallest absolute Gasteiger partial charge is 0.225 e. The molecule has 0 unspecified atom stereocenters. The number of ether oxygens (including phenoxy) is 1. The maximum Gasteiger partial charge on any atom is 0.225 e.